The number of anilines is 1. The van der Waals surface area contributed by atoms with Crippen molar-refractivity contribution in [2.75, 3.05) is 37.6 Å². The number of nitrogens with one attached hydrogen (secondary N) is 1. The highest BCUT2D eigenvalue weighted by molar-refractivity contribution is 7.95. The van der Waals surface area contributed by atoms with Gasteiger partial charge in [-0.05, 0) is 49.3 Å². The van der Waals surface area contributed by atoms with Crippen molar-refractivity contribution in [1.82, 2.24) is 4.90 Å². The largest absolute Gasteiger partial charge is 0.491 e. The first-order valence-electron chi connectivity index (χ1n) is 10.8. The van der Waals surface area contributed by atoms with Crippen LogP contribution in [0.1, 0.15) is 43.1 Å². The van der Waals surface area contributed by atoms with E-state index in [1.54, 1.807) is 24.3 Å². The van der Waals surface area contributed by atoms with Crippen molar-refractivity contribution in [2.45, 2.75) is 27.2 Å². The number of nitrogens with zero attached hydrogens (tertiary/aromatic N) is 1. The first-order chi connectivity index (χ1) is 15.4. The van der Waals surface area contributed by atoms with Gasteiger partial charge in [-0.2, -0.15) is 0 Å². The van der Waals surface area contributed by atoms with Crippen molar-refractivity contribution in [3.63, 3.8) is 0 Å². The Hall–Kier alpha value is -2.84. The van der Waals surface area contributed by atoms with Crippen LogP contribution in [-0.2, 0) is 14.8 Å². The quantitative estimate of drug-likeness (QED) is 0.447. The summed E-state index contributed by atoms with van der Waals surface area (Å²) in [4.78, 5) is 14.6. The second-order valence-electron chi connectivity index (χ2n) is 7.08. The summed E-state index contributed by atoms with van der Waals surface area (Å²) in [5, 5.41) is 1.08. The predicted octanol–water partition coefficient (Wildman–Crippen LogP) is 4.39. The number of hydrogen-bond donors (Lipinski definition) is 1. The third-order valence-electron chi connectivity index (χ3n) is 4.70. The molecule has 0 aliphatic carbocycles. The second-order valence-corrected chi connectivity index (χ2v) is 8.65. The van der Waals surface area contributed by atoms with Gasteiger partial charge in [-0.1, -0.05) is 51.1 Å². The van der Waals surface area contributed by atoms with Crippen molar-refractivity contribution in [1.29, 1.82) is 0 Å². The number of hydrogen-bond acceptors (Lipinski definition) is 6. The molecule has 0 aromatic heterocycles. The van der Waals surface area contributed by atoms with E-state index in [0.717, 1.165) is 30.5 Å². The lowest BCUT2D eigenvalue weighted by Gasteiger charge is -2.18. The molecule has 0 radical (unpaired) electrons. The van der Waals surface area contributed by atoms with Gasteiger partial charge in [-0.25, -0.2) is 13.2 Å². The van der Waals surface area contributed by atoms with Gasteiger partial charge in [0.05, 0.1) is 23.3 Å². The molecule has 1 N–H and O–H groups in total. The standard InChI is InChI=1S/C24H32N2O5S/c1-4-16-30-23-13-12-21(24(27)31-17-15-26(5-2)6-3)19-22(23)25-32(28,29)18-14-20-10-8-7-9-11-20/h7-14,18-19,25H,4-6,15-17H2,1-3H3. The van der Waals surface area contributed by atoms with E-state index in [2.05, 4.69) is 9.62 Å². The molecule has 2 aromatic carbocycles. The van der Waals surface area contributed by atoms with Crippen molar-refractivity contribution in [2.24, 2.45) is 0 Å². The molecule has 0 fully saturated rings. The summed E-state index contributed by atoms with van der Waals surface area (Å²) < 4.78 is 38.8. The molecule has 8 heteroatoms. The zero-order valence-corrected chi connectivity index (χ0v) is 19.7. The van der Waals surface area contributed by atoms with E-state index in [1.807, 2.05) is 39.0 Å². The van der Waals surface area contributed by atoms with Gasteiger partial charge in [0.2, 0.25) is 0 Å². The first kappa shape index (κ1) is 25.4. The molecule has 2 rings (SSSR count). The van der Waals surface area contributed by atoms with Crippen LogP contribution in [0.25, 0.3) is 6.08 Å². The number of benzene rings is 2. The van der Waals surface area contributed by atoms with Crippen LogP contribution in [0.4, 0.5) is 5.69 Å². The molecular formula is C24H32N2O5S. The molecule has 174 valence electrons. The highest BCUT2D eigenvalue weighted by Crippen LogP contribution is 2.28. The first-order valence-corrected chi connectivity index (χ1v) is 12.3. The summed E-state index contributed by atoms with van der Waals surface area (Å²) in [6.45, 7) is 9.11. The van der Waals surface area contributed by atoms with E-state index in [9.17, 15) is 13.2 Å². The Labute approximate surface area is 191 Å². The van der Waals surface area contributed by atoms with Gasteiger partial charge in [0, 0.05) is 6.54 Å². The number of likely N-dealkylation sites (N-methyl/N-ethyl adjacent to an activating group) is 1. The second kappa shape index (κ2) is 12.9. The van der Waals surface area contributed by atoms with Gasteiger partial charge in [-0.15, -0.1) is 0 Å². The molecule has 0 saturated carbocycles. The molecule has 0 heterocycles. The number of rotatable bonds is 13. The SMILES string of the molecule is CCCOc1ccc(C(=O)OCCN(CC)CC)cc1NS(=O)(=O)C=Cc1ccccc1. The van der Waals surface area contributed by atoms with Gasteiger partial charge in [0.1, 0.15) is 12.4 Å². The summed E-state index contributed by atoms with van der Waals surface area (Å²) in [5.74, 6) is -0.164. The lowest BCUT2D eigenvalue weighted by molar-refractivity contribution is 0.0466. The van der Waals surface area contributed by atoms with Gasteiger partial charge < -0.3 is 14.4 Å². The Bertz CT molecular complexity index is 987. The maximum absolute atomic E-state index is 12.6. The molecule has 0 unspecified atom stereocenters. The molecule has 0 amide bonds. The number of sulfonamides is 1. The zero-order chi connectivity index (χ0) is 23.4. The molecular weight excluding hydrogens is 428 g/mol. The Kier molecular flexibility index (Phi) is 10.2. The summed E-state index contributed by atoms with van der Waals surface area (Å²) in [5.41, 5.74) is 1.19. The van der Waals surface area contributed by atoms with Crippen LogP contribution in [0, 0.1) is 0 Å². The van der Waals surface area contributed by atoms with Crippen LogP contribution in [0.2, 0.25) is 0 Å². The Morgan fingerprint density at radius 2 is 1.75 bits per heavy atom. The number of esters is 1. The molecule has 0 atom stereocenters. The molecule has 0 aliphatic heterocycles. The highest BCUT2D eigenvalue weighted by Gasteiger charge is 2.16. The fourth-order valence-electron chi connectivity index (χ4n) is 2.88. The Morgan fingerprint density at radius 3 is 2.41 bits per heavy atom. The normalized spacial score (nSPS) is 11.6. The minimum atomic E-state index is -3.83. The van der Waals surface area contributed by atoms with Crippen LogP contribution in [0.3, 0.4) is 0 Å². The van der Waals surface area contributed by atoms with Gasteiger partial charge >= 0.3 is 5.97 Å². The number of ether oxygens (including phenoxy) is 2. The van der Waals surface area contributed by atoms with Crippen molar-refractivity contribution < 1.29 is 22.7 Å². The third-order valence-corrected chi connectivity index (χ3v) is 5.70. The van der Waals surface area contributed by atoms with Crippen LogP contribution < -0.4 is 9.46 Å². The highest BCUT2D eigenvalue weighted by atomic mass is 32.2. The van der Waals surface area contributed by atoms with Gasteiger partial charge in [-0.3, -0.25) is 4.72 Å². The van der Waals surface area contributed by atoms with Crippen LogP contribution in [0.15, 0.2) is 53.9 Å². The summed E-state index contributed by atoms with van der Waals surface area (Å²) in [6.07, 6.45) is 2.26. The average Bonchev–Trinajstić information content (AvgIpc) is 2.80. The minimum Gasteiger partial charge on any atom is -0.491 e. The van der Waals surface area contributed by atoms with Crippen molar-refractivity contribution in [3.8, 4) is 5.75 Å². The smallest absolute Gasteiger partial charge is 0.338 e. The van der Waals surface area contributed by atoms with E-state index < -0.39 is 16.0 Å². The maximum Gasteiger partial charge on any atom is 0.338 e. The average molecular weight is 461 g/mol. The van der Waals surface area contributed by atoms with E-state index in [1.165, 1.54) is 12.1 Å². The van der Waals surface area contributed by atoms with E-state index in [4.69, 9.17) is 9.47 Å². The monoisotopic (exact) mass is 460 g/mol. The molecule has 0 bridgehead atoms. The maximum atomic E-state index is 12.6. The topological polar surface area (TPSA) is 84.9 Å². The van der Waals surface area contributed by atoms with E-state index >= 15 is 0 Å². The Balaban J connectivity index is 2.17. The minimum absolute atomic E-state index is 0.189. The van der Waals surface area contributed by atoms with E-state index in [0.29, 0.717) is 18.9 Å². The third kappa shape index (κ3) is 8.36. The fourth-order valence-corrected chi connectivity index (χ4v) is 3.76. The molecule has 0 spiro atoms. The van der Waals surface area contributed by atoms with Gasteiger partial charge in [0.15, 0.2) is 0 Å². The molecule has 7 nitrogen and oxygen atoms in total. The number of carbonyl (C=O) groups excluding carboxylic acids is 1. The lowest BCUT2D eigenvalue weighted by atomic mass is 10.2. The van der Waals surface area contributed by atoms with Gasteiger partial charge in [0.25, 0.3) is 10.0 Å². The number of carbonyl (C=O) groups is 1. The Morgan fingerprint density at radius 1 is 1.03 bits per heavy atom. The zero-order valence-electron chi connectivity index (χ0n) is 18.9. The molecule has 0 aliphatic rings. The van der Waals surface area contributed by atoms with Crippen LogP contribution in [0.5, 0.6) is 5.75 Å². The van der Waals surface area contributed by atoms with E-state index in [-0.39, 0.29) is 17.9 Å². The molecule has 32 heavy (non-hydrogen) atoms. The van der Waals surface area contributed by atoms with Crippen molar-refractivity contribution in [3.05, 3.63) is 65.1 Å². The molecule has 0 saturated heterocycles. The lowest BCUT2D eigenvalue weighted by Crippen LogP contribution is -2.27. The van der Waals surface area contributed by atoms with Crippen molar-refractivity contribution >= 4 is 27.8 Å². The molecule has 2 aromatic rings. The summed E-state index contributed by atoms with van der Waals surface area (Å²) in [7, 11) is -3.83. The predicted molar refractivity (Wildman–Crippen MR) is 128 cm³/mol. The fraction of sp³-hybridized carbons (Fsp3) is 0.375. The van der Waals surface area contributed by atoms with Crippen LogP contribution >= 0.6 is 0 Å². The summed E-state index contributed by atoms with van der Waals surface area (Å²) in [6, 6.07) is 13.7. The summed E-state index contributed by atoms with van der Waals surface area (Å²) >= 11 is 0. The van der Waals surface area contributed by atoms with Crippen LogP contribution in [-0.4, -0.2) is 52.1 Å².